The largest absolute Gasteiger partial charge is 0.424 e. The molecule has 0 spiro atoms. The zero-order valence-electron chi connectivity index (χ0n) is 14.7. The summed E-state index contributed by atoms with van der Waals surface area (Å²) >= 11 is 2.32. The number of allylic oxidation sites excluding steroid dienone is 1. The standard InChI is InChI=1S/C19H15IN6O/c1-10-5-6-21-19(24-10)27-14-7-11-8-23-25-13-9-22-17(16(11)13)18-12(14)3-4-15(20)26(18)2/h3-7,9,23H,8H2,1-2H3. The number of ether oxygens (including phenoxy) is 1. The van der Waals surface area contributed by atoms with Gasteiger partial charge in [-0.05, 0) is 59.4 Å². The highest BCUT2D eigenvalue weighted by molar-refractivity contribution is 14.1. The number of anilines is 1. The Labute approximate surface area is 169 Å². The van der Waals surface area contributed by atoms with E-state index < -0.39 is 0 Å². The number of rotatable bonds is 2. The van der Waals surface area contributed by atoms with Crippen LogP contribution in [-0.2, 0) is 6.54 Å². The highest BCUT2D eigenvalue weighted by Crippen LogP contribution is 2.35. The van der Waals surface area contributed by atoms with Gasteiger partial charge in [0, 0.05) is 29.7 Å². The van der Waals surface area contributed by atoms with Crippen LogP contribution in [0.2, 0.25) is 0 Å². The molecule has 1 aromatic rings. The Bertz CT molecular complexity index is 1210. The Kier molecular flexibility index (Phi) is 3.74. The summed E-state index contributed by atoms with van der Waals surface area (Å²) < 4.78 is 7.25. The molecule has 1 N–H and O–H groups in total. The van der Waals surface area contributed by atoms with Gasteiger partial charge in [-0.1, -0.05) is 0 Å². The molecule has 4 aliphatic rings. The molecule has 0 amide bonds. The van der Waals surface area contributed by atoms with Crippen molar-refractivity contribution in [2.75, 3.05) is 11.9 Å². The van der Waals surface area contributed by atoms with Crippen LogP contribution in [0.25, 0.3) is 17.3 Å². The van der Waals surface area contributed by atoms with E-state index in [0.29, 0.717) is 18.3 Å². The molecular weight excluding hydrogens is 455 g/mol. The number of fused-ring (bicyclic) bond motifs is 2. The molecule has 27 heavy (non-hydrogen) atoms. The fraction of sp³-hybridized carbons (Fsp3) is 0.158. The number of nitrogens with one attached hydrogen (secondary N) is 1. The van der Waals surface area contributed by atoms with Gasteiger partial charge >= 0.3 is 6.01 Å². The van der Waals surface area contributed by atoms with Crippen molar-refractivity contribution in [1.29, 1.82) is 0 Å². The van der Waals surface area contributed by atoms with Gasteiger partial charge in [0.05, 0.1) is 27.8 Å². The van der Waals surface area contributed by atoms with Crippen molar-refractivity contribution in [3.8, 4) is 23.0 Å². The van der Waals surface area contributed by atoms with E-state index in [1.54, 1.807) is 6.20 Å². The summed E-state index contributed by atoms with van der Waals surface area (Å²) in [6.45, 7) is 2.53. The Morgan fingerprint density at radius 1 is 1.26 bits per heavy atom. The van der Waals surface area contributed by atoms with E-state index in [1.807, 2.05) is 32.3 Å². The fourth-order valence-corrected chi connectivity index (χ4v) is 3.81. The highest BCUT2D eigenvalue weighted by Gasteiger charge is 2.26. The Hall–Kier alpha value is -2.75. The molecule has 1 aliphatic carbocycles. The van der Waals surface area contributed by atoms with Gasteiger partial charge in [-0.2, -0.15) is 5.10 Å². The van der Waals surface area contributed by atoms with Crippen molar-refractivity contribution < 1.29 is 4.74 Å². The molecule has 0 saturated heterocycles. The molecule has 4 heterocycles. The molecule has 0 radical (unpaired) electrons. The van der Waals surface area contributed by atoms with E-state index >= 15 is 0 Å². The van der Waals surface area contributed by atoms with Crippen molar-refractivity contribution >= 4 is 34.4 Å². The third-order valence-corrected chi connectivity index (χ3v) is 5.75. The van der Waals surface area contributed by atoms with Crippen LogP contribution in [0.15, 0.2) is 39.4 Å². The zero-order chi connectivity index (χ0) is 18.5. The van der Waals surface area contributed by atoms with Gasteiger partial charge in [0.25, 0.3) is 0 Å². The molecule has 0 unspecified atom stereocenters. The second-order valence-electron chi connectivity index (χ2n) is 6.41. The Balaban J connectivity index is 1.84. The smallest absolute Gasteiger partial charge is 0.322 e. The molecule has 8 heteroatoms. The predicted octanol–water partition coefficient (Wildman–Crippen LogP) is 2.22. The first-order chi connectivity index (χ1) is 13.1. The van der Waals surface area contributed by atoms with Crippen LogP contribution < -0.4 is 25.6 Å². The van der Waals surface area contributed by atoms with Crippen LogP contribution in [0.3, 0.4) is 0 Å². The third kappa shape index (κ3) is 2.62. The topological polar surface area (TPSA) is 75.5 Å². The number of aromatic nitrogens is 3. The third-order valence-electron chi connectivity index (χ3n) is 4.67. The van der Waals surface area contributed by atoms with Gasteiger partial charge in [0.1, 0.15) is 11.1 Å². The summed E-state index contributed by atoms with van der Waals surface area (Å²) in [6, 6.07) is 4.21. The van der Waals surface area contributed by atoms with Crippen molar-refractivity contribution in [3.63, 3.8) is 0 Å². The molecule has 0 fully saturated rings. The Morgan fingerprint density at radius 3 is 3.00 bits per heavy atom. The maximum atomic E-state index is 6.15. The average Bonchev–Trinajstić information content (AvgIpc) is 3.02. The first-order valence-corrected chi connectivity index (χ1v) is 9.53. The van der Waals surface area contributed by atoms with Crippen molar-refractivity contribution in [1.82, 2.24) is 20.4 Å². The minimum atomic E-state index is 0.331. The van der Waals surface area contributed by atoms with Gasteiger partial charge in [0.15, 0.2) is 0 Å². The van der Waals surface area contributed by atoms with Crippen molar-refractivity contribution in [2.24, 2.45) is 5.10 Å². The van der Waals surface area contributed by atoms with E-state index in [2.05, 4.69) is 65.1 Å². The number of nitrogens with zero attached hydrogens (tertiary/aromatic N) is 5. The maximum Gasteiger partial charge on any atom is 0.322 e. The summed E-state index contributed by atoms with van der Waals surface area (Å²) in [7, 11) is 2.03. The number of hydrogen-bond acceptors (Lipinski definition) is 7. The van der Waals surface area contributed by atoms with E-state index in [-0.39, 0.29) is 0 Å². The molecular formula is C19H15IN6O. The molecule has 7 nitrogen and oxygen atoms in total. The SMILES string of the molecule is Cc1ccnc(Oc2cc3c4c(cnc-4c4c2=CC=C(I)N4C)=NNC3)n1. The predicted molar refractivity (Wildman–Crippen MR) is 110 cm³/mol. The van der Waals surface area contributed by atoms with Gasteiger partial charge in [-0.15, -0.1) is 0 Å². The molecule has 5 rings (SSSR count). The summed E-state index contributed by atoms with van der Waals surface area (Å²) in [4.78, 5) is 15.4. The fourth-order valence-electron chi connectivity index (χ4n) is 3.39. The van der Waals surface area contributed by atoms with E-state index in [4.69, 9.17) is 4.74 Å². The van der Waals surface area contributed by atoms with Crippen LogP contribution in [-0.4, -0.2) is 22.0 Å². The lowest BCUT2D eigenvalue weighted by Gasteiger charge is -2.23. The van der Waals surface area contributed by atoms with Crippen LogP contribution in [0.1, 0.15) is 11.3 Å². The zero-order valence-corrected chi connectivity index (χ0v) is 16.9. The van der Waals surface area contributed by atoms with Gasteiger partial charge in [-0.3, -0.25) is 4.98 Å². The van der Waals surface area contributed by atoms with E-state index in [1.165, 1.54) is 0 Å². The van der Waals surface area contributed by atoms with E-state index in [9.17, 15) is 0 Å². The number of hydrogen-bond donors (Lipinski definition) is 1. The highest BCUT2D eigenvalue weighted by atomic mass is 127. The molecule has 0 atom stereocenters. The number of aryl methyl sites for hydroxylation is 1. The van der Waals surface area contributed by atoms with Crippen LogP contribution in [0, 0.1) is 6.92 Å². The van der Waals surface area contributed by atoms with Crippen LogP contribution in [0.4, 0.5) is 5.69 Å². The first-order valence-electron chi connectivity index (χ1n) is 8.46. The molecule has 134 valence electrons. The van der Waals surface area contributed by atoms with Gasteiger partial charge in [0.2, 0.25) is 0 Å². The summed E-state index contributed by atoms with van der Waals surface area (Å²) in [5, 5.41) is 6.19. The van der Waals surface area contributed by atoms with Gasteiger partial charge < -0.3 is 15.1 Å². The number of halogens is 1. The van der Waals surface area contributed by atoms with Crippen LogP contribution >= 0.6 is 22.6 Å². The molecule has 0 aromatic carbocycles. The molecule has 0 saturated carbocycles. The van der Waals surface area contributed by atoms with E-state index in [0.717, 1.165) is 42.5 Å². The molecule has 3 aliphatic heterocycles. The van der Waals surface area contributed by atoms with Gasteiger partial charge in [-0.25, -0.2) is 9.97 Å². The normalized spacial score (nSPS) is 14.6. The van der Waals surface area contributed by atoms with Crippen molar-refractivity contribution in [3.05, 3.63) is 56.1 Å². The summed E-state index contributed by atoms with van der Waals surface area (Å²) in [5.41, 5.74) is 7.98. The second-order valence-corrected chi connectivity index (χ2v) is 7.51. The summed E-state index contributed by atoms with van der Waals surface area (Å²) in [6.07, 6.45) is 7.63. The Morgan fingerprint density at radius 2 is 2.15 bits per heavy atom. The lowest BCUT2D eigenvalue weighted by atomic mass is 10.1. The van der Waals surface area contributed by atoms with Crippen molar-refractivity contribution in [2.45, 2.75) is 13.5 Å². The lowest BCUT2D eigenvalue weighted by molar-refractivity contribution is 0.437. The minimum Gasteiger partial charge on any atom is -0.424 e. The van der Waals surface area contributed by atoms with Crippen LogP contribution in [0.5, 0.6) is 11.8 Å². The first kappa shape index (κ1) is 16.4. The maximum absolute atomic E-state index is 6.15. The molecule has 1 aromatic heterocycles. The molecule has 0 bridgehead atoms. The summed E-state index contributed by atoms with van der Waals surface area (Å²) in [5.74, 6) is 0.699. The quantitative estimate of drug-likeness (QED) is 0.458. The minimum absolute atomic E-state index is 0.331. The average molecular weight is 470 g/mol. The monoisotopic (exact) mass is 470 g/mol. The second kappa shape index (κ2) is 6.15. The lowest BCUT2D eigenvalue weighted by Crippen LogP contribution is -2.25.